The van der Waals surface area contributed by atoms with Crippen LogP contribution in [0.5, 0.6) is 0 Å². The molecule has 8 nitrogen and oxygen atoms in total. The molecule has 2 heterocycles. The number of amides is 2. The summed E-state index contributed by atoms with van der Waals surface area (Å²) in [5.41, 5.74) is 0.887. The highest BCUT2D eigenvalue weighted by Crippen LogP contribution is 2.16. The second kappa shape index (κ2) is 6.15. The summed E-state index contributed by atoms with van der Waals surface area (Å²) in [6.07, 6.45) is 0.415. The Bertz CT molecular complexity index is 696. The van der Waals surface area contributed by atoms with Crippen LogP contribution in [-0.4, -0.2) is 67.7 Å². The number of carbonyl (C=O) groups is 2. The molecule has 3 rings (SSSR count). The smallest absolute Gasteiger partial charge is 0.407 e. The SMILES string of the molecule is O=C(O)N1CCN(C(=O)O)[C@H](CCn2cc3ccccc3n2)C1. The molecule has 1 saturated heterocycles. The predicted octanol–water partition coefficient (Wildman–Crippen LogP) is 1.77. The van der Waals surface area contributed by atoms with E-state index in [0.29, 0.717) is 13.0 Å². The topological polar surface area (TPSA) is 98.9 Å². The van der Waals surface area contributed by atoms with Gasteiger partial charge in [0, 0.05) is 37.8 Å². The van der Waals surface area contributed by atoms with Crippen LogP contribution in [0.3, 0.4) is 0 Å². The molecule has 0 unspecified atom stereocenters. The highest BCUT2D eigenvalue weighted by molar-refractivity contribution is 5.77. The molecule has 122 valence electrons. The van der Waals surface area contributed by atoms with Crippen LogP contribution in [0.2, 0.25) is 0 Å². The van der Waals surface area contributed by atoms with E-state index in [0.717, 1.165) is 10.9 Å². The molecule has 2 aromatic rings. The molecule has 1 aliphatic heterocycles. The number of aromatic nitrogens is 2. The molecule has 2 N–H and O–H groups in total. The highest BCUT2D eigenvalue weighted by atomic mass is 16.4. The van der Waals surface area contributed by atoms with Crippen molar-refractivity contribution in [3.8, 4) is 0 Å². The molecular weight excluding hydrogens is 300 g/mol. The second-order valence-electron chi connectivity index (χ2n) is 5.60. The minimum absolute atomic E-state index is 0.197. The van der Waals surface area contributed by atoms with Crippen molar-refractivity contribution in [1.29, 1.82) is 0 Å². The Morgan fingerprint density at radius 1 is 1.17 bits per heavy atom. The van der Waals surface area contributed by atoms with Gasteiger partial charge in [-0.05, 0) is 12.5 Å². The zero-order valence-corrected chi connectivity index (χ0v) is 12.5. The van der Waals surface area contributed by atoms with E-state index in [9.17, 15) is 14.7 Å². The lowest BCUT2D eigenvalue weighted by Crippen LogP contribution is -2.56. The maximum Gasteiger partial charge on any atom is 0.407 e. The lowest BCUT2D eigenvalue weighted by atomic mass is 10.1. The maximum absolute atomic E-state index is 11.3. The second-order valence-corrected chi connectivity index (χ2v) is 5.60. The summed E-state index contributed by atoms with van der Waals surface area (Å²) in [7, 11) is 0. The third-order valence-corrected chi connectivity index (χ3v) is 4.15. The van der Waals surface area contributed by atoms with Crippen molar-refractivity contribution in [1.82, 2.24) is 19.6 Å². The summed E-state index contributed by atoms with van der Waals surface area (Å²) in [4.78, 5) is 25.0. The Kier molecular flexibility index (Phi) is 4.05. The predicted molar refractivity (Wildman–Crippen MR) is 82.5 cm³/mol. The van der Waals surface area contributed by atoms with Gasteiger partial charge in [-0.2, -0.15) is 5.10 Å². The average Bonchev–Trinajstić information content (AvgIpc) is 2.95. The zero-order chi connectivity index (χ0) is 16.4. The van der Waals surface area contributed by atoms with Gasteiger partial charge in [-0.25, -0.2) is 9.59 Å². The molecule has 1 aliphatic rings. The largest absolute Gasteiger partial charge is 0.465 e. The van der Waals surface area contributed by atoms with Crippen LogP contribution in [0, 0.1) is 0 Å². The molecule has 1 atom stereocenters. The number of rotatable bonds is 3. The Labute approximate surface area is 132 Å². The van der Waals surface area contributed by atoms with Crippen LogP contribution in [0.1, 0.15) is 6.42 Å². The van der Waals surface area contributed by atoms with Gasteiger partial charge in [-0.1, -0.05) is 18.2 Å². The summed E-state index contributed by atoms with van der Waals surface area (Å²) in [5.74, 6) is 0. The maximum atomic E-state index is 11.3. The summed E-state index contributed by atoms with van der Waals surface area (Å²) in [5, 5.41) is 23.9. The van der Waals surface area contributed by atoms with Crippen molar-refractivity contribution < 1.29 is 19.8 Å². The third kappa shape index (κ3) is 3.20. The van der Waals surface area contributed by atoms with E-state index in [-0.39, 0.29) is 25.7 Å². The fourth-order valence-corrected chi connectivity index (χ4v) is 2.94. The summed E-state index contributed by atoms with van der Waals surface area (Å²) in [6.45, 7) is 1.15. The Hall–Kier alpha value is -2.77. The van der Waals surface area contributed by atoms with Gasteiger partial charge in [0.25, 0.3) is 0 Å². The molecule has 0 bridgehead atoms. The van der Waals surface area contributed by atoms with Crippen LogP contribution in [0.25, 0.3) is 10.9 Å². The van der Waals surface area contributed by atoms with Crippen molar-refractivity contribution in [2.75, 3.05) is 19.6 Å². The van der Waals surface area contributed by atoms with Gasteiger partial charge in [0.15, 0.2) is 0 Å². The van der Waals surface area contributed by atoms with Gasteiger partial charge in [0.1, 0.15) is 0 Å². The lowest BCUT2D eigenvalue weighted by Gasteiger charge is -2.38. The third-order valence-electron chi connectivity index (χ3n) is 4.15. The first-order valence-electron chi connectivity index (χ1n) is 7.44. The van der Waals surface area contributed by atoms with E-state index in [1.165, 1.54) is 9.80 Å². The number of carboxylic acid groups (broad SMARTS) is 2. The van der Waals surface area contributed by atoms with E-state index >= 15 is 0 Å². The van der Waals surface area contributed by atoms with Crippen LogP contribution < -0.4 is 0 Å². The molecule has 23 heavy (non-hydrogen) atoms. The van der Waals surface area contributed by atoms with Crippen LogP contribution in [0.15, 0.2) is 30.5 Å². The fourth-order valence-electron chi connectivity index (χ4n) is 2.94. The normalized spacial score (nSPS) is 18.3. The Balaban J connectivity index is 1.70. The molecule has 0 aliphatic carbocycles. The van der Waals surface area contributed by atoms with E-state index < -0.39 is 12.2 Å². The quantitative estimate of drug-likeness (QED) is 0.898. The molecule has 0 spiro atoms. The molecular formula is C15H18N4O4. The number of nitrogens with zero attached hydrogens (tertiary/aromatic N) is 4. The molecule has 1 aromatic carbocycles. The van der Waals surface area contributed by atoms with Crippen molar-refractivity contribution in [3.05, 3.63) is 30.5 Å². The van der Waals surface area contributed by atoms with E-state index in [4.69, 9.17) is 5.11 Å². The fraction of sp³-hybridized carbons (Fsp3) is 0.400. The standard InChI is InChI=1S/C15H18N4O4/c20-14(21)17-7-8-19(15(22)23)12(10-17)5-6-18-9-11-3-1-2-4-13(11)16-18/h1-4,9,12H,5-8,10H2,(H,20,21)(H,22,23)/t12-/m1/s1. The first-order chi connectivity index (χ1) is 11.0. The number of piperazine rings is 1. The van der Waals surface area contributed by atoms with Gasteiger partial charge in [-0.15, -0.1) is 0 Å². The molecule has 0 saturated carbocycles. The average molecular weight is 318 g/mol. The minimum Gasteiger partial charge on any atom is -0.465 e. The minimum atomic E-state index is -1.01. The van der Waals surface area contributed by atoms with Crippen molar-refractivity contribution >= 4 is 23.1 Å². The van der Waals surface area contributed by atoms with Gasteiger partial charge in [0.05, 0.1) is 11.6 Å². The van der Waals surface area contributed by atoms with Crippen LogP contribution in [-0.2, 0) is 6.54 Å². The van der Waals surface area contributed by atoms with Gasteiger partial charge < -0.3 is 20.0 Å². The Morgan fingerprint density at radius 2 is 1.96 bits per heavy atom. The van der Waals surface area contributed by atoms with Crippen molar-refractivity contribution in [2.45, 2.75) is 19.0 Å². The number of fused-ring (bicyclic) bond motifs is 1. The molecule has 2 amide bonds. The van der Waals surface area contributed by atoms with E-state index in [2.05, 4.69) is 5.10 Å². The molecule has 1 aromatic heterocycles. The first kappa shape index (κ1) is 15.1. The number of benzene rings is 1. The summed E-state index contributed by atoms with van der Waals surface area (Å²) in [6, 6.07) is 7.38. The molecule has 0 radical (unpaired) electrons. The first-order valence-corrected chi connectivity index (χ1v) is 7.44. The lowest BCUT2D eigenvalue weighted by molar-refractivity contribution is 0.0594. The summed E-state index contributed by atoms with van der Waals surface area (Å²) < 4.78 is 1.78. The molecule has 8 heteroatoms. The monoisotopic (exact) mass is 318 g/mol. The van der Waals surface area contributed by atoms with Gasteiger partial charge in [-0.3, -0.25) is 4.68 Å². The summed E-state index contributed by atoms with van der Waals surface area (Å²) >= 11 is 0. The van der Waals surface area contributed by atoms with Crippen molar-refractivity contribution in [2.24, 2.45) is 0 Å². The van der Waals surface area contributed by atoms with E-state index in [1.807, 2.05) is 30.5 Å². The van der Waals surface area contributed by atoms with Crippen LogP contribution >= 0.6 is 0 Å². The highest BCUT2D eigenvalue weighted by Gasteiger charge is 2.32. The number of hydrogen-bond acceptors (Lipinski definition) is 3. The van der Waals surface area contributed by atoms with E-state index in [1.54, 1.807) is 4.68 Å². The number of hydrogen-bond donors (Lipinski definition) is 2. The van der Waals surface area contributed by atoms with Crippen LogP contribution in [0.4, 0.5) is 9.59 Å². The number of aryl methyl sites for hydroxylation is 1. The zero-order valence-electron chi connectivity index (χ0n) is 12.5. The van der Waals surface area contributed by atoms with Gasteiger partial charge in [0.2, 0.25) is 0 Å². The Morgan fingerprint density at radius 3 is 2.65 bits per heavy atom. The van der Waals surface area contributed by atoms with Crippen molar-refractivity contribution in [3.63, 3.8) is 0 Å². The van der Waals surface area contributed by atoms with Gasteiger partial charge >= 0.3 is 12.2 Å². The molecule has 1 fully saturated rings.